The van der Waals surface area contributed by atoms with Crippen LogP contribution in [-0.2, 0) is 9.59 Å². The Morgan fingerprint density at radius 3 is 2.41 bits per heavy atom. The monoisotopic (exact) mass is 298 g/mol. The number of carbonyl (C=O) groups is 2. The molecule has 3 aliphatic rings. The number of benzene rings is 1. The third-order valence-electron chi connectivity index (χ3n) is 5.20. The first-order valence-electron chi connectivity index (χ1n) is 7.29. The number of allylic oxidation sites excluding steroid dienone is 2. The average Bonchev–Trinajstić information content (AvgIpc) is 3.11. The SMILES string of the molecule is CC1=C[C@H]2C[C@H]1[C@@H]1C(=O)N(c3ccc([N+](=O)[O-])cc3)C(=O)[C@H]12. The van der Waals surface area contributed by atoms with Crippen molar-refractivity contribution in [2.24, 2.45) is 23.7 Å². The van der Waals surface area contributed by atoms with Crippen LogP contribution in [0.1, 0.15) is 13.3 Å². The Hall–Kier alpha value is -2.50. The van der Waals surface area contributed by atoms with Gasteiger partial charge in [-0.3, -0.25) is 24.6 Å². The number of imide groups is 1. The van der Waals surface area contributed by atoms with Crippen LogP contribution >= 0.6 is 0 Å². The molecule has 1 saturated heterocycles. The molecule has 6 heteroatoms. The first-order chi connectivity index (χ1) is 10.5. The predicted octanol–water partition coefficient (Wildman–Crippen LogP) is 2.30. The van der Waals surface area contributed by atoms with Gasteiger partial charge in [-0.05, 0) is 37.3 Å². The summed E-state index contributed by atoms with van der Waals surface area (Å²) in [6.07, 6.45) is 3.02. The molecule has 0 aromatic heterocycles. The van der Waals surface area contributed by atoms with Gasteiger partial charge >= 0.3 is 0 Å². The van der Waals surface area contributed by atoms with Crippen molar-refractivity contribution in [1.29, 1.82) is 0 Å². The lowest BCUT2D eigenvalue weighted by Gasteiger charge is -2.19. The van der Waals surface area contributed by atoms with Crippen molar-refractivity contribution in [2.45, 2.75) is 13.3 Å². The van der Waals surface area contributed by atoms with Crippen LogP contribution in [-0.4, -0.2) is 16.7 Å². The highest BCUT2D eigenvalue weighted by molar-refractivity contribution is 6.22. The molecule has 1 aliphatic heterocycles. The standard InChI is InChI=1S/C16H14N2O4/c1-8-6-9-7-12(8)14-13(9)15(19)17(16(14)20)10-2-4-11(5-3-10)18(21)22/h2-6,9,12-14H,7H2,1H3/t9-,12+,13-,14-/m0/s1. The topological polar surface area (TPSA) is 80.5 Å². The average molecular weight is 298 g/mol. The fourth-order valence-corrected chi connectivity index (χ4v) is 4.25. The van der Waals surface area contributed by atoms with Crippen molar-refractivity contribution in [2.75, 3.05) is 4.90 Å². The van der Waals surface area contributed by atoms with E-state index in [9.17, 15) is 19.7 Å². The van der Waals surface area contributed by atoms with Gasteiger partial charge in [-0.25, -0.2) is 0 Å². The molecule has 0 N–H and O–H groups in total. The van der Waals surface area contributed by atoms with E-state index in [-0.39, 0.29) is 41.2 Å². The zero-order valence-corrected chi connectivity index (χ0v) is 11.9. The van der Waals surface area contributed by atoms with Crippen molar-refractivity contribution in [1.82, 2.24) is 0 Å². The molecule has 1 heterocycles. The molecule has 22 heavy (non-hydrogen) atoms. The lowest BCUT2D eigenvalue weighted by molar-refractivity contribution is -0.384. The molecule has 2 bridgehead atoms. The Morgan fingerprint density at radius 1 is 1.14 bits per heavy atom. The van der Waals surface area contributed by atoms with Gasteiger partial charge in [0.15, 0.2) is 0 Å². The van der Waals surface area contributed by atoms with E-state index in [1.54, 1.807) is 0 Å². The summed E-state index contributed by atoms with van der Waals surface area (Å²) in [5.41, 5.74) is 1.57. The Labute approximate surface area is 126 Å². The van der Waals surface area contributed by atoms with Crippen LogP contribution < -0.4 is 4.90 Å². The molecule has 1 saturated carbocycles. The Balaban J connectivity index is 1.69. The van der Waals surface area contributed by atoms with Crippen LogP contribution in [0.4, 0.5) is 11.4 Å². The summed E-state index contributed by atoms with van der Waals surface area (Å²) in [7, 11) is 0. The highest BCUT2D eigenvalue weighted by atomic mass is 16.6. The van der Waals surface area contributed by atoms with E-state index in [4.69, 9.17) is 0 Å². The number of nitro groups is 1. The Morgan fingerprint density at radius 2 is 1.77 bits per heavy atom. The molecule has 1 aromatic rings. The van der Waals surface area contributed by atoms with Crippen LogP contribution in [0.25, 0.3) is 0 Å². The molecule has 0 unspecified atom stereocenters. The van der Waals surface area contributed by atoms with Gasteiger partial charge in [0, 0.05) is 12.1 Å². The number of non-ortho nitro benzene ring substituents is 1. The number of carbonyl (C=O) groups excluding carboxylic acids is 2. The molecular weight excluding hydrogens is 284 g/mol. The minimum Gasteiger partial charge on any atom is -0.274 e. The molecule has 0 radical (unpaired) electrons. The van der Waals surface area contributed by atoms with E-state index in [0.717, 1.165) is 6.42 Å². The molecular formula is C16H14N2O4. The second-order valence-corrected chi connectivity index (χ2v) is 6.25. The first kappa shape index (κ1) is 13.2. The molecule has 0 spiro atoms. The lowest BCUT2D eigenvalue weighted by Crippen LogP contribution is -2.32. The summed E-state index contributed by atoms with van der Waals surface area (Å²) < 4.78 is 0. The molecule has 112 valence electrons. The molecule has 2 aliphatic carbocycles. The Bertz CT molecular complexity index is 737. The van der Waals surface area contributed by atoms with Gasteiger partial charge in [-0.2, -0.15) is 0 Å². The number of amides is 2. The summed E-state index contributed by atoms with van der Waals surface area (Å²) in [5, 5.41) is 10.7. The van der Waals surface area contributed by atoms with Gasteiger partial charge in [-0.1, -0.05) is 11.6 Å². The largest absolute Gasteiger partial charge is 0.274 e. The van der Waals surface area contributed by atoms with Gasteiger partial charge in [0.1, 0.15) is 0 Å². The highest BCUT2D eigenvalue weighted by Crippen LogP contribution is 2.55. The fraction of sp³-hybridized carbons (Fsp3) is 0.375. The fourth-order valence-electron chi connectivity index (χ4n) is 4.25. The van der Waals surface area contributed by atoms with E-state index >= 15 is 0 Å². The van der Waals surface area contributed by atoms with Crippen molar-refractivity contribution in [3.8, 4) is 0 Å². The van der Waals surface area contributed by atoms with Crippen molar-refractivity contribution >= 4 is 23.2 Å². The third-order valence-corrected chi connectivity index (χ3v) is 5.20. The third kappa shape index (κ3) is 1.55. The zero-order chi connectivity index (χ0) is 15.6. The van der Waals surface area contributed by atoms with E-state index in [0.29, 0.717) is 5.69 Å². The van der Waals surface area contributed by atoms with E-state index in [2.05, 4.69) is 6.08 Å². The van der Waals surface area contributed by atoms with Crippen LogP contribution in [0.5, 0.6) is 0 Å². The van der Waals surface area contributed by atoms with Crippen molar-refractivity contribution in [3.63, 3.8) is 0 Å². The van der Waals surface area contributed by atoms with Crippen LogP contribution in [0.3, 0.4) is 0 Å². The number of nitro benzene ring substituents is 1. The van der Waals surface area contributed by atoms with Crippen molar-refractivity contribution in [3.05, 3.63) is 46.0 Å². The summed E-state index contributed by atoms with van der Waals surface area (Å²) in [6, 6.07) is 5.58. The minimum absolute atomic E-state index is 0.0550. The van der Waals surface area contributed by atoms with Gasteiger partial charge in [0.05, 0.1) is 22.4 Å². The smallest absolute Gasteiger partial charge is 0.269 e. The molecule has 1 aromatic carbocycles. The van der Waals surface area contributed by atoms with Gasteiger partial charge in [0.2, 0.25) is 11.8 Å². The number of nitrogens with zero attached hydrogens (tertiary/aromatic N) is 2. The van der Waals surface area contributed by atoms with Gasteiger partial charge in [0.25, 0.3) is 5.69 Å². The van der Waals surface area contributed by atoms with E-state index in [1.807, 2.05) is 6.92 Å². The molecule has 2 fully saturated rings. The van der Waals surface area contributed by atoms with Crippen LogP contribution in [0, 0.1) is 33.8 Å². The van der Waals surface area contributed by atoms with Crippen LogP contribution in [0.15, 0.2) is 35.9 Å². The predicted molar refractivity (Wildman–Crippen MR) is 77.9 cm³/mol. The molecule has 2 amide bonds. The number of fused-ring (bicyclic) bond motifs is 5. The zero-order valence-electron chi connectivity index (χ0n) is 11.9. The van der Waals surface area contributed by atoms with Gasteiger partial charge in [-0.15, -0.1) is 0 Å². The maximum absolute atomic E-state index is 12.7. The van der Waals surface area contributed by atoms with Crippen molar-refractivity contribution < 1.29 is 14.5 Å². The summed E-state index contributed by atoms with van der Waals surface area (Å²) >= 11 is 0. The summed E-state index contributed by atoms with van der Waals surface area (Å²) in [4.78, 5) is 36.8. The minimum atomic E-state index is -0.500. The van der Waals surface area contributed by atoms with Gasteiger partial charge < -0.3 is 0 Å². The quantitative estimate of drug-likeness (QED) is 0.363. The number of hydrogen-bond donors (Lipinski definition) is 0. The summed E-state index contributed by atoms with van der Waals surface area (Å²) in [6.45, 7) is 2.02. The lowest BCUT2D eigenvalue weighted by atomic mass is 9.82. The van der Waals surface area contributed by atoms with E-state index in [1.165, 1.54) is 34.7 Å². The summed E-state index contributed by atoms with van der Waals surface area (Å²) in [5.74, 6) is -0.498. The molecule has 4 atom stereocenters. The second-order valence-electron chi connectivity index (χ2n) is 6.25. The number of anilines is 1. The molecule has 6 nitrogen and oxygen atoms in total. The number of rotatable bonds is 2. The highest BCUT2D eigenvalue weighted by Gasteiger charge is 2.60. The first-order valence-corrected chi connectivity index (χ1v) is 7.29. The second kappa shape index (κ2) is 4.25. The van der Waals surface area contributed by atoms with Crippen LogP contribution in [0.2, 0.25) is 0 Å². The maximum atomic E-state index is 12.7. The maximum Gasteiger partial charge on any atom is 0.269 e. The normalized spacial score (nSPS) is 32.4. The molecule has 4 rings (SSSR count). The van der Waals surface area contributed by atoms with E-state index < -0.39 is 4.92 Å². The number of hydrogen-bond acceptors (Lipinski definition) is 4. The Kier molecular flexibility index (Phi) is 2.55.